The lowest BCUT2D eigenvalue weighted by molar-refractivity contribution is 0.0902. The summed E-state index contributed by atoms with van der Waals surface area (Å²) in [4.78, 5) is 29.7. The highest BCUT2D eigenvalue weighted by Gasteiger charge is 2.17. The van der Waals surface area contributed by atoms with Gasteiger partial charge in [-0.3, -0.25) is 9.59 Å². The molecule has 0 atom stereocenters. The minimum Gasteiger partial charge on any atom is -0.494 e. The molecule has 178 valence electrons. The zero-order chi connectivity index (χ0) is 24.7. The molecule has 34 heavy (non-hydrogen) atoms. The number of hydrogen-bond donors (Lipinski definition) is 2. The highest BCUT2D eigenvalue weighted by Crippen LogP contribution is 2.33. The maximum absolute atomic E-state index is 12.7. The molecule has 1 amide bonds. The first kappa shape index (κ1) is 25.3. The van der Waals surface area contributed by atoms with Gasteiger partial charge < -0.3 is 24.6 Å². The summed E-state index contributed by atoms with van der Waals surface area (Å²) in [6.45, 7) is -0.334. The lowest BCUT2D eigenvalue weighted by atomic mass is 10.1. The molecule has 8 nitrogen and oxygen atoms in total. The highest BCUT2D eigenvalue weighted by molar-refractivity contribution is 6.42. The molecule has 0 aliphatic rings. The fraction of sp³-hybridized carbons (Fsp3) is 0.208. The van der Waals surface area contributed by atoms with Gasteiger partial charge in [-0.25, -0.2) is 4.98 Å². The van der Waals surface area contributed by atoms with Crippen molar-refractivity contribution in [1.29, 1.82) is 0 Å². The number of benzene rings is 2. The fourth-order valence-electron chi connectivity index (χ4n) is 3.05. The average molecular weight is 505 g/mol. The van der Waals surface area contributed by atoms with E-state index in [1.165, 1.54) is 32.4 Å². The van der Waals surface area contributed by atoms with Gasteiger partial charge in [-0.05, 0) is 42.5 Å². The van der Waals surface area contributed by atoms with E-state index in [1.807, 2.05) is 0 Å². The standard InChI is InChI=1S/C24H22Cl2N2O6/c1-32-21-8-6-18(28-23(21)14-3-5-16(25)17(26)11-14)19(30)13-27-24(31)15-4-7-20(34-10-9-29)22(12-15)33-2/h3-8,11-12,29H,9-10,13H2,1-2H3,(H,27,31). The molecule has 2 aromatic carbocycles. The van der Waals surface area contributed by atoms with E-state index < -0.39 is 11.7 Å². The highest BCUT2D eigenvalue weighted by atomic mass is 35.5. The van der Waals surface area contributed by atoms with Crippen LogP contribution in [0, 0.1) is 0 Å². The summed E-state index contributed by atoms with van der Waals surface area (Å²) in [5, 5.41) is 12.2. The van der Waals surface area contributed by atoms with E-state index in [9.17, 15) is 9.59 Å². The molecular formula is C24H22Cl2N2O6. The van der Waals surface area contributed by atoms with Crippen LogP contribution in [0.2, 0.25) is 10.0 Å². The zero-order valence-corrected chi connectivity index (χ0v) is 19.9. The van der Waals surface area contributed by atoms with Crippen LogP contribution in [-0.2, 0) is 0 Å². The number of hydrogen-bond acceptors (Lipinski definition) is 7. The van der Waals surface area contributed by atoms with Gasteiger partial charge in [0.1, 0.15) is 23.7 Å². The lowest BCUT2D eigenvalue weighted by Crippen LogP contribution is -2.30. The van der Waals surface area contributed by atoms with Crippen molar-refractivity contribution in [2.24, 2.45) is 0 Å². The molecule has 10 heteroatoms. The molecule has 0 saturated carbocycles. The molecule has 0 saturated heterocycles. The van der Waals surface area contributed by atoms with Crippen LogP contribution < -0.4 is 19.5 Å². The molecule has 0 fully saturated rings. The van der Waals surface area contributed by atoms with E-state index in [-0.39, 0.29) is 31.0 Å². The third kappa shape index (κ3) is 5.96. The number of pyridine rings is 1. The number of nitrogens with one attached hydrogen (secondary N) is 1. The van der Waals surface area contributed by atoms with E-state index in [0.29, 0.717) is 38.6 Å². The number of ether oxygens (including phenoxy) is 3. The smallest absolute Gasteiger partial charge is 0.251 e. The van der Waals surface area contributed by atoms with Crippen molar-refractivity contribution in [3.05, 3.63) is 69.8 Å². The predicted molar refractivity (Wildman–Crippen MR) is 128 cm³/mol. The van der Waals surface area contributed by atoms with Crippen LogP contribution in [0.1, 0.15) is 20.8 Å². The Morgan fingerprint density at radius 1 is 0.941 bits per heavy atom. The molecule has 3 aromatic rings. The number of aliphatic hydroxyl groups excluding tert-OH is 1. The second-order valence-corrected chi connectivity index (χ2v) is 7.73. The number of nitrogens with zero attached hydrogens (tertiary/aromatic N) is 1. The van der Waals surface area contributed by atoms with Crippen molar-refractivity contribution < 1.29 is 28.9 Å². The molecule has 3 rings (SSSR count). The van der Waals surface area contributed by atoms with Gasteiger partial charge in [-0.2, -0.15) is 0 Å². The van der Waals surface area contributed by atoms with Gasteiger partial charge in [0.15, 0.2) is 17.3 Å². The maximum Gasteiger partial charge on any atom is 0.251 e. The Balaban J connectivity index is 1.74. The zero-order valence-electron chi connectivity index (χ0n) is 18.4. The number of methoxy groups -OCH3 is 2. The first-order valence-corrected chi connectivity index (χ1v) is 10.9. The number of carbonyl (C=O) groups is 2. The van der Waals surface area contributed by atoms with Crippen molar-refractivity contribution in [2.75, 3.05) is 34.0 Å². The normalized spacial score (nSPS) is 10.5. The monoisotopic (exact) mass is 504 g/mol. The molecule has 0 aliphatic heterocycles. The van der Waals surface area contributed by atoms with Gasteiger partial charge in [-0.1, -0.05) is 29.3 Å². The Kier molecular flexibility index (Phi) is 8.70. The molecule has 0 unspecified atom stereocenters. The second kappa shape index (κ2) is 11.7. The van der Waals surface area contributed by atoms with E-state index in [0.717, 1.165) is 0 Å². The summed E-state index contributed by atoms with van der Waals surface area (Å²) in [5.41, 5.74) is 1.47. The Labute approximate surface area is 206 Å². The summed E-state index contributed by atoms with van der Waals surface area (Å²) >= 11 is 12.1. The Morgan fingerprint density at radius 2 is 1.68 bits per heavy atom. The van der Waals surface area contributed by atoms with Crippen LogP contribution in [0.3, 0.4) is 0 Å². The third-order valence-corrected chi connectivity index (χ3v) is 5.48. The molecule has 0 bridgehead atoms. The quantitative estimate of drug-likeness (QED) is 0.401. The van der Waals surface area contributed by atoms with Crippen LogP contribution in [0.5, 0.6) is 17.2 Å². The number of halogens is 2. The van der Waals surface area contributed by atoms with Crippen LogP contribution in [0.25, 0.3) is 11.3 Å². The van der Waals surface area contributed by atoms with Gasteiger partial charge in [0, 0.05) is 11.1 Å². The Hall–Kier alpha value is -3.33. The van der Waals surface area contributed by atoms with Gasteiger partial charge in [0.05, 0.1) is 37.4 Å². The number of carbonyl (C=O) groups excluding carboxylic acids is 2. The van der Waals surface area contributed by atoms with Crippen molar-refractivity contribution in [3.63, 3.8) is 0 Å². The van der Waals surface area contributed by atoms with E-state index in [4.69, 9.17) is 42.5 Å². The van der Waals surface area contributed by atoms with Gasteiger partial charge in [-0.15, -0.1) is 0 Å². The minimum atomic E-state index is -0.474. The number of amides is 1. The van der Waals surface area contributed by atoms with Crippen LogP contribution >= 0.6 is 23.2 Å². The number of ketones is 1. The molecule has 0 aliphatic carbocycles. The summed E-state index contributed by atoms with van der Waals surface area (Å²) in [7, 11) is 2.93. The van der Waals surface area contributed by atoms with E-state index >= 15 is 0 Å². The summed E-state index contributed by atoms with van der Waals surface area (Å²) in [6.07, 6.45) is 0. The van der Waals surface area contributed by atoms with Gasteiger partial charge in [0.25, 0.3) is 5.91 Å². The van der Waals surface area contributed by atoms with Crippen molar-refractivity contribution in [3.8, 4) is 28.5 Å². The van der Waals surface area contributed by atoms with Crippen LogP contribution in [0.4, 0.5) is 0 Å². The summed E-state index contributed by atoms with van der Waals surface area (Å²) in [6, 6.07) is 12.7. The predicted octanol–water partition coefficient (Wildman–Crippen LogP) is 4.06. The van der Waals surface area contributed by atoms with Gasteiger partial charge in [0.2, 0.25) is 0 Å². The minimum absolute atomic E-state index is 0.0927. The summed E-state index contributed by atoms with van der Waals surface area (Å²) in [5.74, 6) is 0.303. The third-order valence-electron chi connectivity index (χ3n) is 4.74. The van der Waals surface area contributed by atoms with Crippen molar-refractivity contribution >= 4 is 34.9 Å². The largest absolute Gasteiger partial charge is 0.494 e. The molecule has 0 spiro atoms. The first-order valence-electron chi connectivity index (χ1n) is 10.1. The van der Waals surface area contributed by atoms with Gasteiger partial charge >= 0.3 is 0 Å². The average Bonchev–Trinajstić information content (AvgIpc) is 2.86. The molecule has 1 aromatic heterocycles. The van der Waals surface area contributed by atoms with E-state index in [2.05, 4.69) is 10.3 Å². The topological polar surface area (TPSA) is 107 Å². The molecule has 0 radical (unpaired) electrons. The Morgan fingerprint density at radius 3 is 2.35 bits per heavy atom. The Bertz CT molecular complexity index is 1200. The first-order chi connectivity index (χ1) is 16.4. The lowest BCUT2D eigenvalue weighted by Gasteiger charge is -2.12. The number of aliphatic hydroxyl groups is 1. The maximum atomic E-state index is 12.7. The van der Waals surface area contributed by atoms with Crippen molar-refractivity contribution in [1.82, 2.24) is 10.3 Å². The number of aromatic nitrogens is 1. The number of Topliss-reactive ketones (excluding diaryl/α,β-unsaturated/α-hetero) is 1. The number of rotatable bonds is 10. The summed E-state index contributed by atoms with van der Waals surface area (Å²) < 4.78 is 15.9. The molecule has 1 heterocycles. The molecule has 2 N–H and O–H groups in total. The molecular weight excluding hydrogens is 483 g/mol. The van der Waals surface area contributed by atoms with Crippen LogP contribution in [-0.4, -0.2) is 55.8 Å². The van der Waals surface area contributed by atoms with Crippen molar-refractivity contribution in [2.45, 2.75) is 0 Å². The fourth-order valence-corrected chi connectivity index (χ4v) is 3.35. The van der Waals surface area contributed by atoms with Crippen LogP contribution in [0.15, 0.2) is 48.5 Å². The second-order valence-electron chi connectivity index (χ2n) is 6.92. The van der Waals surface area contributed by atoms with E-state index in [1.54, 1.807) is 30.3 Å². The SMILES string of the molecule is COc1cc(C(=O)NCC(=O)c2ccc(OC)c(-c3ccc(Cl)c(Cl)c3)n2)ccc1OCCO.